The van der Waals surface area contributed by atoms with Crippen LogP contribution >= 0.6 is 23.2 Å². The Kier molecular flexibility index (Phi) is 2.70. The van der Waals surface area contributed by atoms with E-state index < -0.39 is 0 Å². The zero-order valence-corrected chi connectivity index (χ0v) is 8.70. The minimum atomic E-state index is 0.304. The Morgan fingerprint density at radius 2 is 1.57 bits per heavy atom. The van der Waals surface area contributed by atoms with Crippen molar-refractivity contribution in [2.45, 2.75) is 6.54 Å². The highest BCUT2D eigenvalue weighted by Gasteiger charge is 2.07. The zero-order chi connectivity index (χ0) is 9.97. The highest BCUT2D eigenvalue weighted by molar-refractivity contribution is 6.31. The molecule has 0 atom stereocenters. The first-order chi connectivity index (χ1) is 6.77. The molecule has 14 heavy (non-hydrogen) atoms. The van der Waals surface area contributed by atoms with E-state index in [-0.39, 0.29) is 0 Å². The van der Waals surface area contributed by atoms with Crippen LogP contribution in [0.3, 0.4) is 0 Å². The topological polar surface area (TPSA) is 30.7 Å². The SMILES string of the molecule is Clc1nnc(Cl)n1Cc1ccccc1. The molecule has 0 saturated carbocycles. The summed E-state index contributed by atoms with van der Waals surface area (Å²) in [6.07, 6.45) is 0. The number of halogens is 2. The maximum Gasteiger partial charge on any atom is 0.226 e. The lowest BCUT2D eigenvalue weighted by molar-refractivity contribution is 0.796. The second kappa shape index (κ2) is 3.98. The minimum Gasteiger partial charge on any atom is -0.284 e. The summed E-state index contributed by atoms with van der Waals surface area (Å²) in [5.41, 5.74) is 1.11. The number of benzene rings is 1. The predicted molar refractivity (Wildman–Crippen MR) is 55.6 cm³/mol. The molecule has 0 unspecified atom stereocenters. The van der Waals surface area contributed by atoms with Crippen molar-refractivity contribution in [2.75, 3.05) is 0 Å². The molecule has 0 aliphatic carbocycles. The summed E-state index contributed by atoms with van der Waals surface area (Å²) >= 11 is 11.6. The standard InChI is InChI=1S/C9H7Cl2N3/c10-8-12-13-9(11)14(8)6-7-4-2-1-3-5-7/h1-5H,6H2. The molecule has 0 radical (unpaired) electrons. The Bertz CT molecular complexity index is 405. The lowest BCUT2D eigenvalue weighted by atomic mass is 10.2. The molecule has 0 amide bonds. The summed E-state index contributed by atoms with van der Waals surface area (Å²) in [6.45, 7) is 0.589. The quantitative estimate of drug-likeness (QED) is 0.790. The minimum absolute atomic E-state index is 0.304. The van der Waals surface area contributed by atoms with E-state index in [0.717, 1.165) is 5.56 Å². The van der Waals surface area contributed by atoms with E-state index in [9.17, 15) is 0 Å². The van der Waals surface area contributed by atoms with Gasteiger partial charge in [-0.1, -0.05) is 30.3 Å². The van der Waals surface area contributed by atoms with Crippen molar-refractivity contribution >= 4 is 23.2 Å². The fraction of sp³-hybridized carbons (Fsp3) is 0.111. The van der Waals surface area contributed by atoms with E-state index in [2.05, 4.69) is 10.2 Å². The average Bonchev–Trinajstić information content (AvgIpc) is 2.51. The molecule has 5 heteroatoms. The molecule has 1 aromatic heterocycles. The number of aromatic nitrogens is 3. The molecule has 1 heterocycles. The van der Waals surface area contributed by atoms with Crippen molar-refractivity contribution in [1.82, 2.24) is 14.8 Å². The van der Waals surface area contributed by atoms with Gasteiger partial charge < -0.3 is 0 Å². The fourth-order valence-electron chi connectivity index (χ4n) is 1.16. The molecule has 0 aliphatic rings. The normalized spacial score (nSPS) is 10.4. The van der Waals surface area contributed by atoms with E-state index in [1.165, 1.54) is 0 Å². The molecule has 2 rings (SSSR count). The van der Waals surface area contributed by atoms with Gasteiger partial charge in [0.05, 0.1) is 6.54 Å². The van der Waals surface area contributed by atoms with Gasteiger partial charge in [-0.05, 0) is 28.8 Å². The number of nitrogens with zero attached hydrogens (tertiary/aromatic N) is 3. The Hall–Kier alpha value is -1.06. The fourth-order valence-corrected chi connectivity index (χ4v) is 1.56. The van der Waals surface area contributed by atoms with Crippen LogP contribution in [0, 0.1) is 0 Å². The zero-order valence-electron chi connectivity index (χ0n) is 7.19. The Labute approximate surface area is 91.3 Å². The molecule has 0 N–H and O–H groups in total. The monoisotopic (exact) mass is 227 g/mol. The van der Waals surface area contributed by atoms with Crippen molar-refractivity contribution in [2.24, 2.45) is 0 Å². The van der Waals surface area contributed by atoms with E-state index in [1.807, 2.05) is 30.3 Å². The first-order valence-electron chi connectivity index (χ1n) is 4.05. The van der Waals surface area contributed by atoms with Gasteiger partial charge in [0.25, 0.3) is 0 Å². The maximum atomic E-state index is 5.80. The van der Waals surface area contributed by atoms with Crippen molar-refractivity contribution in [3.05, 3.63) is 46.5 Å². The molecule has 0 spiro atoms. The van der Waals surface area contributed by atoms with E-state index in [0.29, 0.717) is 17.1 Å². The predicted octanol–water partition coefficient (Wildman–Crippen LogP) is 2.63. The second-order valence-electron chi connectivity index (χ2n) is 2.81. The molecule has 72 valence electrons. The van der Waals surface area contributed by atoms with Crippen molar-refractivity contribution in [3.8, 4) is 0 Å². The third kappa shape index (κ3) is 1.89. The number of hydrogen-bond donors (Lipinski definition) is 0. The second-order valence-corrected chi connectivity index (χ2v) is 3.49. The van der Waals surface area contributed by atoms with Crippen LogP contribution in [0.2, 0.25) is 10.6 Å². The Balaban J connectivity index is 2.27. The van der Waals surface area contributed by atoms with Gasteiger partial charge in [-0.2, -0.15) is 0 Å². The third-order valence-electron chi connectivity index (χ3n) is 1.84. The molecule has 0 bridgehead atoms. The molecular formula is C9H7Cl2N3. The lowest BCUT2D eigenvalue weighted by Crippen LogP contribution is -1.99. The van der Waals surface area contributed by atoms with Gasteiger partial charge in [0, 0.05) is 0 Å². The maximum absolute atomic E-state index is 5.80. The average molecular weight is 228 g/mol. The molecular weight excluding hydrogens is 221 g/mol. The molecule has 1 aromatic carbocycles. The third-order valence-corrected chi connectivity index (χ3v) is 2.40. The summed E-state index contributed by atoms with van der Waals surface area (Å²) < 4.78 is 1.64. The molecule has 0 saturated heterocycles. The highest BCUT2D eigenvalue weighted by atomic mass is 35.5. The molecule has 2 aromatic rings. The lowest BCUT2D eigenvalue weighted by Gasteiger charge is -2.03. The Morgan fingerprint density at radius 1 is 1.00 bits per heavy atom. The van der Waals surface area contributed by atoms with Crippen molar-refractivity contribution < 1.29 is 0 Å². The van der Waals surface area contributed by atoms with Crippen LogP contribution in [0.15, 0.2) is 30.3 Å². The van der Waals surface area contributed by atoms with Crippen LogP contribution in [0.5, 0.6) is 0 Å². The van der Waals surface area contributed by atoms with Gasteiger partial charge in [-0.15, -0.1) is 10.2 Å². The molecule has 0 fully saturated rings. The number of rotatable bonds is 2. The van der Waals surface area contributed by atoms with E-state index in [1.54, 1.807) is 4.57 Å². The van der Waals surface area contributed by atoms with E-state index in [4.69, 9.17) is 23.2 Å². The molecule has 0 aliphatic heterocycles. The van der Waals surface area contributed by atoms with Gasteiger partial charge >= 0.3 is 0 Å². The highest BCUT2D eigenvalue weighted by Crippen LogP contribution is 2.15. The van der Waals surface area contributed by atoms with Gasteiger partial charge in [-0.25, -0.2) is 0 Å². The van der Waals surface area contributed by atoms with Crippen LogP contribution in [-0.4, -0.2) is 14.8 Å². The van der Waals surface area contributed by atoms with Crippen LogP contribution in [0.4, 0.5) is 0 Å². The molecule has 3 nitrogen and oxygen atoms in total. The first-order valence-corrected chi connectivity index (χ1v) is 4.81. The smallest absolute Gasteiger partial charge is 0.226 e. The number of hydrogen-bond acceptors (Lipinski definition) is 2. The van der Waals surface area contributed by atoms with Gasteiger partial charge in [0.2, 0.25) is 10.6 Å². The summed E-state index contributed by atoms with van der Waals surface area (Å²) in [5.74, 6) is 0. The summed E-state index contributed by atoms with van der Waals surface area (Å²) in [6, 6.07) is 9.86. The van der Waals surface area contributed by atoms with Crippen LogP contribution in [0.25, 0.3) is 0 Å². The van der Waals surface area contributed by atoms with Crippen LogP contribution in [-0.2, 0) is 6.54 Å². The van der Waals surface area contributed by atoms with Crippen LogP contribution < -0.4 is 0 Å². The van der Waals surface area contributed by atoms with Crippen molar-refractivity contribution in [3.63, 3.8) is 0 Å². The summed E-state index contributed by atoms with van der Waals surface area (Å²) in [4.78, 5) is 0. The van der Waals surface area contributed by atoms with Gasteiger partial charge in [0.15, 0.2) is 0 Å². The van der Waals surface area contributed by atoms with E-state index >= 15 is 0 Å². The largest absolute Gasteiger partial charge is 0.284 e. The summed E-state index contributed by atoms with van der Waals surface area (Å²) in [5, 5.41) is 7.93. The van der Waals surface area contributed by atoms with Gasteiger partial charge in [-0.3, -0.25) is 4.57 Å². The summed E-state index contributed by atoms with van der Waals surface area (Å²) in [7, 11) is 0. The first kappa shape index (κ1) is 9.49. The van der Waals surface area contributed by atoms with Crippen LogP contribution in [0.1, 0.15) is 5.56 Å². The van der Waals surface area contributed by atoms with Gasteiger partial charge in [0.1, 0.15) is 0 Å². The Morgan fingerprint density at radius 3 is 2.14 bits per heavy atom. The van der Waals surface area contributed by atoms with Crippen molar-refractivity contribution in [1.29, 1.82) is 0 Å².